The molecule has 164 valence electrons. The first-order valence-electron chi connectivity index (χ1n) is 9.46. The Morgan fingerprint density at radius 3 is 2.48 bits per heavy atom. The number of rotatable bonds is 6. The van der Waals surface area contributed by atoms with Crippen LogP contribution in [-0.2, 0) is 16.4 Å². The molecule has 3 aromatic rings. The summed E-state index contributed by atoms with van der Waals surface area (Å²) in [5.74, 6) is -0.662. The molecule has 2 heterocycles. The zero-order valence-electron chi connectivity index (χ0n) is 17.4. The van der Waals surface area contributed by atoms with Crippen molar-refractivity contribution < 1.29 is 22.7 Å². The van der Waals surface area contributed by atoms with Gasteiger partial charge in [0, 0.05) is 25.0 Å². The molecule has 0 unspecified atom stereocenters. The molecule has 0 saturated carbocycles. The summed E-state index contributed by atoms with van der Waals surface area (Å²) in [5, 5.41) is 13.6. The maximum atomic E-state index is 14.5. The Hall–Kier alpha value is -3.27. The van der Waals surface area contributed by atoms with Crippen LogP contribution in [0.15, 0.2) is 64.8 Å². The third kappa shape index (κ3) is 5.08. The van der Waals surface area contributed by atoms with Crippen LogP contribution in [-0.4, -0.2) is 45.8 Å². The number of carboxylic acid groups (broad SMARTS) is 1. The van der Waals surface area contributed by atoms with Crippen molar-refractivity contribution in [3.63, 3.8) is 0 Å². The van der Waals surface area contributed by atoms with Crippen LogP contribution >= 0.6 is 0 Å². The number of carbonyl (C=O) groups is 1. The van der Waals surface area contributed by atoms with Gasteiger partial charge in [-0.15, -0.1) is 0 Å². The monoisotopic (exact) mass is 446 g/mol. The number of amides is 1. The van der Waals surface area contributed by atoms with Gasteiger partial charge >= 0.3 is 6.09 Å². The molecular formula is C21H23FN4O4S. The summed E-state index contributed by atoms with van der Waals surface area (Å²) in [6.07, 6.45) is 1.47. The number of sulfone groups is 1. The van der Waals surface area contributed by atoms with Gasteiger partial charge in [-0.2, -0.15) is 5.10 Å². The maximum absolute atomic E-state index is 14.5. The van der Waals surface area contributed by atoms with Crippen molar-refractivity contribution in [2.45, 2.75) is 37.2 Å². The van der Waals surface area contributed by atoms with E-state index in [1.807, 2.05) is 20.8 Å². The summed E-state index contributed by atoms with van der Waals surface area (Å²) in [4.78, 5) is 16.6. The first-order chi connectivity index (χ1) is 14.5. The highest BCUT2D eigenvalue weighted by Crippen LogP contribution is 2.26. The van der Waals surface area contributed by atoms with Crippen molar-refractivity contribution in [2.75, 3.05) is 6.54 Å². The number of benzene rings is 1. The minimum atomic E-state index is -4.10. The van der Waals surface area contributed by atoms with E-state index in [1.165, 1.54) is 48.8 Å². The Labute approximate surface area is 179 Å². The van der Waals surface area contributed by atoms with Crippen molar-refractivity contribution in [2.24, 2.45) is 5.41 Å². The molecule has 0 atom stereocenters. The van der Waals surface area contributed by atoms with E-state index >= 15 is 0 Å². The molecule has 0 bridgehead atoms. The van der Waals surface area contributed by atoms with Crippen molar-refractivity contribution in [1.82, 2.24) is 19.7 Å². The topological polar surface area (TPSA) is 105 Å². The Balaban J connectivity index is 2.13. The van der Waals surface area contributed by atoms with E-state index in [-0.39, 0.29) is 39.8 Å². The second-order valence-electron chi connectivity index (χ2n) is 8.23. The molecule has 0 aliphatic heterocycles. The normalized spacial score (nSPS) is 12.0. The smallest absolute Gasteiger partial charge is 0.407 e. The van der Waals surface area contributed by atoms with E-state index < -0.39 is 21.7 Å². The van der Waals surface area contributed by atoms with Crippen LogP contribution in [0.4, 0.5) is 9.18 Å². The SMILES string of the molecule is CC(C)(C)CN(Cc1cc(S(=O)(=O)c2cccnc2)n(-c2ccccc2F)n1)C(=O)O. The van der Waals surface area contributed by atoms with E-state index in [9.17, 15) is 22.7 Å². The van der Waals surface area contributed by atoms with Gasteiger partial charge in [0.25, 0.3) is 0 Å². The summed E-state index contributed by atoms with van der Waals surface area (Å²) in [6, 6.07) is 9.76. The summed E-state index contributed by atoms with van der Waals surface area (Å²) >= 11 is 0. The van der Waals surface area contributed by atoms with Gasteiger partial charge < -0.3 is 10.0 Å². The third-order valence-electron chi connectivity index (χ3n) is 4.32. The first-order valence-corrected chi connectivity index (χ1v) is 10.9. The Morgan fingerprint density at radius 1 is 1.19 bits per heavy atom. The van der Waals surface area contributed by atoms with Crippen molar-refractivity contribution in [3.8, 4) is 5.69 Å². The molecule has 2 aromatic heterocycles. The van der Waals surface area contributed by atoms with Crippen molar-refractivity contribution >= 4 is 15.9 Å². The van der Waals surface area contributed by atoms with Crippen LogP contribution in [0.2, 0.25) is 0 Å². The van der Waals surface area contributed by atoms with E-state index in [0.717, 1.165) is 9.58 Å². The molecule has 1 N–H and O–H groups in total. The third-order valence-corrected chi connectivity index (χ3v) is 6.02. The predicted molar refractivity (Wildman–Crippen MR) is 111 cm³/mol. The fraction of sp³-hybridized carbons (Fsp3) is 0.286. The van der Waals surface area contributed by atoms with Gasteiger partial charge in [0.15, 0.2) is 5.03 Å². The van der Waals surface area contributed by atoms with Crippen LogP contribution in [0, 0.1) is 11.2 Å². The molecule has 1 aromatic carbocycles. The summed E-state index contributed by atoms with van der Waals surface area (Å²) < 4.78 is 42.0. The lowest BCUT2D eigenvalue weighted by Gasteiger charge is -2.27. The summed E-state index contributed by atoms with van der Waals surface area (Å²) in [5.41, 5.74) is -0.205. The molecule has 0 radical (unpaired) electrons. The zero-order chi connectivity index (χ0) is 22.8. The minimum Gasteiger partial charge on any atom is -0.465 e. The highest BCUT2D eigenvalue weighted by Gasteiger charge is 2.28. The van der Waals surface area contributed by atoms with Gasteiger partial charge in [-0.3, -0.25) is 4.98 Å². The average Bonchev–Trinajstić information content (AvgIpc) is 3.12. The molecule has 3 rings (SSSR count). The molecule has 10 heteroatoms. The standard InChI is InChI=1S/C21H23FN4O4S/c1-21(2,3)14-25(20(27)28)13-15-11-19(31(29,30)16-7-6-10-23-12-16)26(24-15)18-9-5-4-8-17(18)22/h4-12H,13-14H2,1-3H3,(H,27,28). The van der Waals surface area contributed by atoms with E-state index in [4.69, 9.17) is 0 Å². The first kappa shape index (κ1) is 22.4. The van der Waals surface area contributed by atoms with Crippen LogP contribution in [0.1, 0.15) is 26.5 Å². The van der Waals surface area contributed by atoms with Gasteiger partial charge in [0.05, 0.1) is 17.1 Å². The highest BCUT2D eigenvalue weighted by atomic mass is 32.2. The van der Waals surface area contributed by atoms with Gasteiger partial charge in [0.2, 0.25) is 9.84 Å². The summed E-state index contributed by atoms with van der Waals surface area (Å²) in [7, 11) is -4.10. The number of hydrogen-bond acceptors (Lipinski definition) is 5. The lowest BCUT2D eigenvalue weighted by molar-refractivity contribution is 0.122. The average molecular weight is 447 g/mol. The van der Waals surface area contributed by atoms with Gasteiger partial charge in [0.1, 0.15) is 11.5 Å². The molecule has 0 aliphatic carbocycles. The second-order valence-corrected chi connectivity index (χ2v) is 10.1. The van der Waals surface area contributed by atoms with Gasteiger partial charge in [-0.25, -0.2) is 22.3 Å². The van der Waals surface area contributed by atoms with Crippen LogP contribution < -0.4 is 0 Å². The Bertz CT molecular complexity index is 1190. The molecular weight excluding hydrogens is 423 g/mol. The number of hydrogen-bond donors (Lipinski definition) is 1. The molecule has 8 nitrogen and oxygen atoms in total. The number of para-hydroxylation sites is 1. The lowest BCUT2D eigenvalue weighted by Crippen LogP contribution is -2.36. The van der Waals surface area contributed by atoms with Crippen molar-refractivity contribution in [3.05, 3.63) is 66.4 Å². The molecule has 31 heavy (non-hydrogen) atoms. The molecule has 0 aliphatic rings. The highest BCUT2D eigenvalue weighted by molar-refractivity contribution is 7.91. The lowest BCUT2D eigenvalue weighted by atomic mass is 9.96. The van der Waals surface area contributed by atoms with Gasteiger partial charge in [-0.1, -0.05) is 32.9 Å². The van der Waals surface area contributed by atoms with Crippen LogP contribution in [0.25, 0.3) is 5.69 Å². The zero-order valence-corrected chi connectivity index (χ0v) is 18.2. The molecule has 0 spiro atoms. The van der Waals surface area contributed by atoms with Crippen LogP contribution in [0.5, 0.6) is 0 Å². The maximum Gasteiger partial charge on any atom is 0.407 e. The van der Waals surface area contributed by atoms with E-state index in [0.29, 0.717) is 0 Å². The largest absolute Gasteiger partial charge is 0.465 e. The summed E-state index contributed by atoms with van der Waals surface area (Å²) in [6.45, 7) is 5.72. The van der Waals surface area contributed by atoms with E-state index in [2.05, 4.69) is 10.1 Å². The quantitative estimate of drug-likeness (QED) is 0.618. The fourth-order valence-corrected chi connectivity index (χ4v) is 4.42. The molecule has 0 fully saturated rings. The second kappa shape index (κ2) is 8.46. The van der Waals surface area contributed by atoms with Crippen molar-refractivity contribution in [1.29, 1.82) is 0 Å². The Kier molecular flexibility index (Phi) is 6.12. The van der Waals surface area contributed by atoms with Gasteiger partial charge in [-0.05, 0) is 29.7 Å². The Morgan fingerprint density at radius 2 is 1.90 bits per heavy atom. The molecule has 0 saturated heterocycles. The number of aromatic nitrogens is 3. The fourth-order valence-electron chi connectivity index (χ4n) is 3.06. The minimum absolute atomic E-state index is 0.0612. The molecule has 1 amide bonds. The number of halogens is 1. The van der Waals surface area contributed by atoms with Crippen LogP contribution in [0.3, 0.4) is 0 Å². The van der Waals surface area contributed by atoms with E-state index in [1.54, 1.807) is 6.07 Å². The number of pyridine rings is 1. The predicted octanol–water partition coefficient (Wildman–Crippen LogP) is 3.77. The number of nitrogens with zero attached hydrogens (tertiary/aromatic N) is 4.